The molecule has 2 heterocycles. The molecule has 6 heteroatoms. The second kappa shape index (κ2) is 5.72. The van der Waals surface area contributed by atoms with Crippen molar-refractivity contribution in [3.05, 3.63) is 63.8 Å². The lowest BCUT2D eigenvalue weighted by Crippen LogP contribution is -2.30. The van der Waals surface area contributed by atoms with Crippen LogP contribution in [0.2, 0.25) is 0 Å². The van der Waals surface area contributed by atoms with Gasteiger partial charge in [-0.25, -0.2) is 4.79 Å². The van der Waals surface area contributed by atoms with Crippen molar-refractivity contribution in [2.45, 2.75) is 19.9 Å². The maximum Gasteiger partial charge on any atom is 0.349 e. The number of aromatic nitrogens is 2. The van der Waals surface area contributed by atoms with E-state index >= 15 is 0 Å². The van der Waals surface area contributed by atoms with Gasteiger partial charge in [0, 0.05) is 23.7 Å². The van der Waals surface area contributed by atoms with E-state index in [1.54, 1.807) is 35.1 Å². The first kappa shape index (κ1) is 15.0. The van der Waals surface area contributed by atoms with Crippen LogP contribution in [0.25, 0.3) is 11.0 Å². The molecule has 0 saturated carbocycles. The lowest BCUT2D eigenvalue weighted by Gasteiger charge is -2.13. The van der Waals surface area contributed by atoms with Gasteiger partial charge in [-0.15, -0.1) is 0 Å². The molecule has 118 valence electrons. The van der Waals surface area contributed by atoms with E-state index in [0.29, 0.717) is 11.0 Å². The third-order valence-corrected chi connectivity index (χ3v) is 3.97. The molecule has 0 spiro atoms. The number of amides is 1. The molecule has 1 aromatic carbocycles. The number of benzene rings is 1. The second-order valence-electron chi connectivity index (χ2n) is 5.49. The van der Waals surface area contributed by atoms with Gasteiger partial charge in [-0.3, -0.25) is 9.48 Å². The largest absolute Gasteiger partial charge is 0.422 e. The van der Waals surface area contributed by atoms with Crippen molar-refractivity contribution in [2.75, 3.05) is 0 Å². The predicted octanol–water partition coefficient (Wildman–Crippen LogP) is 2.33. The summed E-state index contributed by atoms with van der Waals surface area (Å²) in [6.07, 6.45) is 1.71. The number of aryl methyl sites for hydroxylation is 1. The predicted molar refractivity (Wildman–Crippen MR) is 86.3 cm³/mol. The highest BCUT2D eigenvalue weighted by atomic mass is 16.4. The van der Waals surface area contributed by atoms with Crippen LogP contribution in [0.4, 0.5) is 0 Å². The first-order chi connectivity index (χ1) is 11.0. The fourth-order valence-corrected chi connectivity index (χ4v) is 2.51. The molecule has 1 N–H and O–H groups in total. The second-order valence-corrected chi connectivity index (χ2v) is 5.49. The minimum Gasteiger partial charge on any atom is -0.422 e. The van der Waals surface area contributed by atoms with Crippen molar-refractivity contribution in [1.29, 1.82) is 0 Å². The van der Waals surface area contributed by atoms with E-state index in [-0.39, 0.29) is 11.6 Å². The van der Waals surface area contributed by atoms with Crippen LogP contribution in [0, 0.1) is 6.92 Å². The number of carbonyl (C=O) groups is 1. The molecule has 0 aliphatic rings. The van der Waals surface area contributed by atoms with Crippen molar-refractivity contribution >= 4 is 16.9 Å². The van der Waals surface area contributed by atoms with Gasteiger partial charge < -0.3 is 9.73 Å². The number of carbonyl (C=O) groups excluding carboxylic acids is 1. The van der Waals surface area contributed by atoms with Crippen molar-refractivity contribution < 1.29 is 9.21 Å². The van der Waals surface area contributed by atoms with Crippen LogP contribution in [0.15, 0.2) is 45.7 Å². The van der Waals surface area contributed by atoms with Crippen LogP contribution < -0.4 is 10.9 Å². The van der Waals surface area contributed by atoms with Crippen LogP contribution >= 0.6 is 0 Å². The number of fused-ring (bicyclic) bond motifs is 1. The lowest BCUT2D eigenvalue weighted by molar-refractivity contribution is 0.0936. The number of para-hydroxylation sites is 1. The van der Waals surface area contributed by atoms with Gasteiger partial charge in [0.2, 0.25) is 0 Å². The van der Waals surface area contributed by atoms with Crippen LogP contribution in [-0.4, -0.2) is 15.7 Å². The third kappa shape index (κ3) is 2.75. The van der Waals surface area contributed by atoms with Crippen LogP contribution in [0.1, 0.15) is 34.6 Å². The Morgan fingerprint density at radius 1 is 1.35 bits per heavy atom. The van der Waals surface area contributed by atoms with Gasteiger partial charge in [0.25, 0.3) is 5.91 Å². The van der Waals surface area contributed by atoms with Gasteiger partial charge >= 0.3 is 5.63 Å². The molecule has 6 nitrogen and oxygen atoms in total. The van der Waals surface area contributed by atoms with E-state index in [2.05, 4.69) is 10.4 Å². The summed E-state index contributed by atoms with van der Waals surface area (Å²) >= 11 is 0. The van der Waals surface area contributed by atoms with Gasteiger partial charge in [0.05, 0.1) is 12.2 Å². The van der Waals surface area contributed by atoms with Gasteiger partial charge in [-0.2, -0.15) is 5.10 Å². The van der Waals surface area contributed by atoms with Gasteiger partial charge in [-0.1, -0.05) is 18.2 Å². The Kier molecular flexibility index (Phi) is 3.73. The number of hydrogen-bond acceptors (Lipinski definition) is 4. The Balaban J connectivity index is 1.90. The summed E-state index contributed by atoms with van der Waals surface area (Å²) in [6, 6.07) is 8.38. The average molecular weight is 311 g/mol. The molecule has 3 rings (SSSR count). The molecule has 3 aromatic rings. The highest BCUT2D eigenvalue weighted by molar-refractivity contribution is 5.96. The molecule has 1 atom stereocenters. The minimum atomic E-state index is -0.642. The Morgan fingerprint density at radius 3 is 2.78 bits per heavy atom. The first-order valence-corrected chi connectivity index (χ1v) is 7.29. The normalized spacial score (nSPS) is 12.3. The summed E-state index contributed by atoms with van der Waals surface area (Å²) in [5.41, 5.74) is 1.69. The van der Waals surface area contributed by atoms with E-state index in [4.69, 9.17) is 4.42 Å². The van der Waals surface area contributed by atoms with Crippen molar-refractivity contribution in [3.8, 4) is 0 Å². The van der Waals surface area contributed by atoms with E-state index in [9.17, 15) is 9.59 Å². The van der Waals surface area contributed by atoms with Gasteiger partial charge in [0.1, 0.15) is 11.1 Å². The molecule has 0 saturated heterocycles. The molecule has 0 fully saturated rings. The van der Waals surface area contributed by atoms with E-state index in [1.165, 1.54) is 0 Å². The quantitative estimate of drug-likeness (QED) is 0.753. The zero-order valence-electron chi connectivity index (χ0n) is 13.2. The monoisotopic (exact) mass is 311 g/mol. The zero-order valence-corrected chi connectivity index (χ0v) is 13.2. The minimum absolute atomic E-state index is 0.00269. The number of rotatable bonds is 3. The molecular formula is C17H17N3O3. The average Bonchev–Trinajstić information content (AvgIpc) is 2.86. The molecular weight excluding hydrogens is 294 g/mol. The van der Waals surface area contributed by atoms with Crippen molar-refractivity contribution in [3.63, 3.8) is 0 Å². The van der Waals surface area contributed by atoms with E-state index < -0.39 is 11.5 Å². The van der Waals surface area contributed by atoms with Gasteiger partial charge in [0.15, 0.2) is 0 Å². The summed E-state index contributed by atoms with van der Waals surface area (Å²) in [7, 11) is 1.84. The fraction of sp³-hybridized carbons (Fsp3) is 0.235. The van der Waals surface area contributed by atoms with Crippen LogP contribution in [0.5, 0.6) is 0 Å². The number of hydrogen-bond donors (Lipinski definition) is 1. The molecule has 1 amide bonds. The fourth-order valence-electron chi connectivity index (χ4n) is 2.51. The van der Waals surface area contributed by atoms with Crippen LogP contribution in [0.3, 0.4) is 0 Å². The highest BCUT2D eigenvalue weighted by Gasteiger charge is 2.18. The summed E-state index contributed by atoms with van der Waals surface area (Å²) in [4.78, 5) is 24.4. The number of nitrogens with zero attached hydrogens (tertiary/aromatic N) is 2. The summed E-state index contributed by atoms with van der Waals surface area (Å²) < 4.78 is 6.93. The van der Waals surface area contributed by atoms with Crippen molar-refractivity contribution in [1.82, 2.24) is 15.1 Å². The Bertz CT molecular complexity index is 940. The Labute approximate surface area is 132 Å². The highest BCUT2D eigenvalue weighted by Crippen LogP contribution is 2.17. The SMILES string of the molecule is Cc1c(C(C)NC(=O)c2cc3ccccc3oc2=O)cnn1C. The van der Waals surface area contributed by atoms with Crippen molar-refractivity contribution in [2.24, 2.45) is 7.05 Å². The van der Waals surface area contributed by atoms with Gasteiger partial charge in [-0.05, 0) is 26.0 Å². The standard InChI is InChI=1S/C17H17N3O3/c1-10(14-9-18-20(3)11(14)2)19-16(21)13-8-12-6-4-5-7-15(12)23-17(13)22/h4-10H,1-3H3,(H,19,21). The van der Waals surface area contributed by atoms with Crippen LogP contribution in [-0.2, 0) is 7.05 Å². The van der Waals surface area contributed by atoms with E-state index in [0.717, 1.165) is 11.3 Å². The summed E-state index contributed by atoms with van der Waals surface area (Å²) in [5, 5.41) is 7.69. The Hall–Kier alpha value is -2.89. The van der Waals surface area contributed by atoms with E-state index in [1.807, 2.05) is 27.0 Å². The molecule has 0 radical (unpaired) electrons. The third-order valence-electron chi connectivity index (χ3n) is 3.97. The topological polar surface area (TPSA) is 77.1 Å². The number of nitrogens with one attached hydrogen (secondary N) is 1. The Morgan fingerprint density at radius 2 is 2.09 bits per heavy atom. The molecule has 1 unspecified atom stereocenters. The smallest absolute Gasteiger partial charge is 0.349 e. The zero-order chi connectivity index (χ0) is 16.6. The molecule has 0 bridgehead atoms. The summed E-state index contributed by atoms with van der Waals surface area (Å²) in [5.74, 6) is -0.458. The lowest BCUT2D eigenvalue weighted by atomic mass is 10.1. The first-order valence-electron chi connectivity index (χ1n) is 7.29. The summed E-state index contributed by atoms with van der Waals surface area (Å²) in [6.45, 7) is 3.78. The maximum atomic E-state index is 12.4. The molecule has 2 aromatic heterocycles. The molecule has 0 aliphatic heterocycles. The molecule has 0 aliphatic carbocycles. The maximum absolute atomic E-state index is 12.4. The molecule has 23 heavy (non-hydrogen) atoms.